The van der Waals surface area contributed by atoms with Gasteiger partial charge < -0.3 is 15.0 Å². The van der Waals surface area contributed by atoms with E-state index in [1.165, 1.54) is 12.1 Å². The van der Waals surface area contributed by atoms with E-state index in [0.717, 1.165) is 0 Å². The molecule has 1 aromatic rings. The summed E-state index contributed by atoms with van der Waals surface area (Å²) in [6, 6.07) is 4.12. The molecular weight excluding hydrogens is 284 g/mol. The van der Waals surface area contributed by atoms with Crippen molar-refractivity contribution >= 4 is 19.5 Å². The zero-order valence-corrected chi connectivity index (χ0v) is 13.4. The van der Waals surface area contributed by atoms with Gasteiger partial charge in [-0.15, -0.1) is 0 Å². The predicted octanol–water partition coefficient (Wildman–Crippen LogP) is 2.61. The molecule has 6 heteroatoms. The average Bonchev–Trinajstić information content (AvgIpc) is 2.64. The molecule has 0 aromatic heterocycles. The van der Waals surface area contributed by atoms with E-state index in [2.05, 4.69) is 0 Å². The molecule has 22 heavy (non-hydrogen) atoms. The lowest BCUT2D eigenvalue weighted by Crippen LogP contribution is -2.41. The predicted molar refractivity (Wildman–Crippen MR) is 84.9 cm³/mol. The molecule has 1 fully saturated rings. The van der Waals surface area contributed by atoms with Crippen LogP contribution in [-0.4, -0.2) is 31.2 Å². The molecule has 0 saturated carbocycles. The third-order valence-corrected chi connectivity index (χ3v) is 4.22. The van der Waals surface area contributed by atoms with Gasteiger partial charge in [-0.1, -0.05) is 6.08 Å². The number of aldehydes is 1. The molecule has 0 unspecified atom stereocenters. The lowest BCUT2D eigenvalue weighted by atomic mass is 9.77. The van der Waals surface area contributed by atoms with Crippen molar-refractivity contribution in [2.75, 3.05) is 6.54 Å². The van der Waals surface area contributed by atoms with Crippen LogP contribution >= 0.6 is 0 Å². The van der Waals surface area contributed by atoms with Crippen molar-refractivity contribution in [3.63, 3.8) is 0 Å². The minimum absolute atomic E-state index is 0.212. The Kier molecular flexibility index (Phi) is 4.56. The maximum absolute atomic E-state index is 13.5. The molecule has 1 aliphatic heterocycles. The topological polar surface area (TPSA) is 61.5 Å². The largest absolute Gasteiger partial charge is 0.491 e. The van der Waals surface area contributed by atoms with Crippen LogP contribution in [0, 0.1) is 5.82 Å². The highest BCUT2D eigenvalue weighted by Gasteiger charge is 2.52. The van der Waals surface area contributed by atoms with Crippen molar-refractivity contribution in [2.24, 2.45) is 5.73 Å². The first-order valence-corrected chi connectivity index (χ1v) is 7.20. The Hall–Kier alpha value is -1.50. The number of carbonyl (C=O) groups excluding carboxylic acids is 1. The molecule has 0 spiro atoms. The fourth-order valence-corrected chi connectivity index (χ4v) is 2.22. The summed E-state index contributed by atoms with van der Waals surface area (Å²) in [5, 5.41) is 0. The third kappa shape index (κ3) is 3.29. The zero-order valence-electron chi connectivity index (χ0n) is 13.4. The highest BCUT2D eigenvalue weighted by atomic mass is 19.1. The molecule has 118 valence electrons. The molecule has 2 rings (SSSR count). The minimum atomic E-state index is -0.585. The van der Waals surface area contributed by atoms with Crippen LogP contribution in [0.3, 0.4) is 0 Å². The first-order chi connectivity index (χ1) is 10.2. The molecule has 0 atom stereocenters. The van der Waals surface area contributed by atoms with E-state index < -0.39 is 24.1 Å². The Morgan fingerprint density at radius 1 is 1.18 bits per heavy atom. The number of carbonyl (C=O) groups is 1. The maximum Gasteiger partial charge on any atom is 0.491 e. The van der Waals surface area contributed by atoms with Crippen molar-refractivity contribution in [2.45, 2.75) is 38.9 Å². The average molecular weight is 305 g/mol. The van der Waals surface area contributed by atoms with Gasteiger partial charge in [-0.2, -0.15) is 0 Å². The molecule has 1 aromatic carbocycles. The zero-order chi connectivity index (χ0) is 16.5. The molecule has 0 bridgehead atoms. The smallest absolute Gasteiger partial charge is 0.400 e. The van der Waals surface area contributed by atoms with Gasteiger partial charge in [0.2, 0.25) is 0 Å². The standard InChI is InChI=1S/C16H21BFNO3/c1-15(2)16(3,4)22-17(21-15)13(9-19)6-11-5-12(10-20)8-14(18)7-11/h5-8,10H,9,19H2,1-4H3. The number of nitrogens with two attached hydrogens (primary N) is 1. The number of rotatable bonds is 4. The van der Waals surface area contributed by atoms with Gasteiger partial charge in [0.1, 0.15) is 12.1 Å². The Morgan fingerprint density at radius 2 is 1.73 bits per heavy atom. The normalized spacial score (nSPS) is 20.3. The summed E-state index contributed by atoms with van der Waals surface area (Å²) in [5.41, 5.74) is 6.38. The Balaban J connectivity index is 2.33. The number of hydrogen-bond acceptors (Lipinski definition) is 4. The van der Waals surface area contributed by atoms with Crippen molar-refractivity contribution in [1.29, 1.82) is 0 Å². The van der Waals surface area contributed by atoms with Crippen molar-refractivity contribution < 1.29 is 18.5 Å². The highest BCUT2D eigenvalue weighted by Crippen LogP contribution is 2.38. The van der Waals surface area contributed by atoms with Crippen LogP contribution < -0.4 is 5.73 Å². The van der Waals surface area contributed by atoms with E-state index in [1.54, 1.807) is 12.1 Å². The molecule has 4 nitrogen and oxygen atoms in total. The van der Waals surface area contributed by atoms with Gasteiger partial charge in [0, 0.05) is 12.1 Å². The van der Waals surface area contributed by atoms with Gasteiger partial charge in [-0.05, 0) is 56.9 Å². The van der Waals surface area contributed by atoms with Crippen LogP contribution in [0.25, 0.3) is 6.08 Å². The Bertz CT molecular complexity index is 597. The SMILES string of the molecule is CC1(C)OB(C(=Cc2cc(F)cc(C=O)c2)CN)OC1(C)C. The monoisotopic (exact) mass is 305 g/mol. The van der Waals surface area contributed by atoms with Gasteiger partial charge in [0.15, 0.2) is 0 Å². The van der Waals surface area contributed by atoms with Crippen LogP contribution in [0.4, 0.5) is 4.39 Å². The van der Waals surface area contributed by atoms with Crippen LogP contribution in [0.15, 0.2) is 23.7 Å². The third-order valence-electron chi connectivity index (χ3n) is 4.22. The van der Waals surface area contributed by atoms with Crippen LogP contribution in [0.5, 0.6) is 0 Å². The fraction of sp³-hybridized carbons (Fsp3) is 0.438. The number of hydrogen-bond donors (Lipinski definition) is 1. The Morgan fingerprint density at radius 3 is 2.23 bits per heavy atom. The lowest BCUT2D eigenvalue weighted by molar-refractivity contribution is 0.00578. The summed E-state index contributed by atoms with van der Waals surface area (Å²) in [5.74, 6) is -0.471. The Labute approximate surface area is 130 Å². The first-order valence-electron chi connectivity index (χ1n) is 7.20. The van der Waals surface area contributed by atoms with Gasteiger partial charge >= 0.3 is 7.12 Å². The van der Waals surface area contributed by atoms with Crippen LogP contribution in [-0.2, 0) is 9.31 Å². The van der Waals surface area contributed by atoms with Gasteiger partial charge in [0.25, 0.3) is 0 Å². The molecular formula is C16H21BFNO3. The number of halogens is 1. The second-order valence-electron chi connectivity index (χ2n) is 6.45. The second kappa shape index (κ2) is 5.95. The second-order valence-corrected chi connectivity index (χ2v) is 6.45. The molecule has 1 heterocycles. The van der Waals surface area contributed by atoms with E-state index in [-0.39, 0.29) is 12.1 Å². The van der Waals surface area contributed by atoms with Crippen molar-refractivity contribution in [1.82, 2.24) is 0 Å². The van der Waals surface area contributed by atoms with E-state index in [9.17, 15) is 9.18 Å². The fourth-order valence-electron chi connectivity index (χ4n) is 2.22. The summed E-state index contributed by atoms with van der Waals surface area (Å²) in [7, 11) is -0.585. The highest BCUT2D eigenvalue weighted by molar-refractivity contribution is 6.55. The number of benzene rings is 1. The van der Waals surface area contributed by atoms with Crippen molar-refractivity contribution in [3.05, 3.63) is 40.6 Å². The molecule has 0 amide bonds. The molecule has 0 aliphatic carbocycles. The minimum Gasteiger partial charge on any atom is -0.400 e. The van der Waals surface area contributed by atoms with E-state index >= 15 is 0 Å². The van der Waals surface area contributed by atoms with Crippen LogP contribution in [0.2, 0.25) is 0 Å². The van der Waals surface area contributed by atoms with Gasteiger partial charge in [-0.25, -0.2) is 4.39 Å². The maximum atomic E-state index is 13.5. The lowest BCUT2D eigenvalue weighted by Gasteiger charge is -2.32. The molecule has 0 radical (unpaired) electrons. The van der Waals surface area contributed by atoms with E-state index in [1.807, 2.05) is 27.7 Å². The van der Waals surface area contributed by atoms with E-state index in [0.29, 0.717) is 17.3 Å². The molecule has 1 aliphatic rings. The summed E-state index contributed by atoms with van der Waals surface area (Å²) >= 11 is 0. The summed E-state index contributed by atoms with van der Waals surface area (Å²) in [4.78, 5) is 10.8. The van der Waals surface area contributed by atoms with Gasteiger partial charge in [-0.3, -0.25) is 4.79 Å². The van der Waals surface area contributed by atoms with E-state index in [4.69, 9.17) is 15.0 Å². The van der Waals surface area contributed by atoms with Gasteiger partial charge in [0.05, 0.1) is 11.2 Å². The van der Waals surface area contributed by atoms with Crippen molar-refractivity contribution in [3.8, 4) is 0 Å². The quantitative estimate of drug-likeness (QED) is 0.686. The summed E-state index contributed by atoms with van der Waals surface area (Å²) < 4.78 is 25.4. The summed E-state index contributed by atoms with van der Waals surface area (Å²) in [6.07, 6.45) is 2.32. The summed E-state index contributed by atoms with van der Waals surface area (Å²) in [6.45, 7) is 8.02. The van der Waals surface area contributed by atoms with Crippen LogP contribution in [0.1, 0.15) is 43.6 Å². The molecule has 2 N–H and O–H groups in total. The first kappa shape index (κ1) is 16.9. The molecule has 1 saturated heterocycles.